The minimum absolute atomic E-state index is 0.000146. The molecule has 3 saturated carbocycles. The lowest BCUT2D eigenvalue weighted by molar-refractivity contribution is -0.168. The monoisotopic (exact) mass is 472 g/mol. The fraction of sp³-hybridized carbons (Fsp3) is 0.967. The van der Waals surface area contributed by atoms with Gasteiger partial charge in [-0.1, -0.05) is 54.4 Å². The minimum atomic E-state index is -0.179. The van der Waals surface area contributed by atoms with Crippen LogP contribution in [0.5, 0.6) is 0 Å². The number of rotatable bonds is 6. The summed E-state index contributed by atoms with van der Waals surface area (Å²) in [5.41, 5.74) is -0.0208. The lowest BCUT2D eigenvalue weighted by Crippen LogP contribution is -2.65. The summed E-state index contributed by atoms with van der Waals surface area (Å²) >= 11 is 0. The second kappa shape index (κ2) is 7.24. The van der Waals surface area contributed by atoms with Crippen molar-refractivity contribution >= 4 is 5.97 Å². The number of ether oxygens (including phenoxy) is 3. The van der Waals surface area contributed by atoms with E-state index < -0.39 is 0 Å². The van der Waals surface area contributed by atoms with E-state index in [0.29, 0.717) is 17.4 Å². The van der Waals surface area contributed by atoms with Crippen LogP contribution in [0.4, 0.5) is 0 Å². The highest BCUT2D eigenvalue weighted by atomic mass is 16.7. The molecule has 0 radical (unpaired) electrons. The molecule has 0 N–H and O–H groups in total. The topological polar surface area (TPSA) is 48.1 Å². The predicted octanol–water partition coefficient (Wildman–Crippen LogP) is 6.69. The Morgan fingerprint density at radius 2 is 1.76 bits per heavy atom. The van der Waals surface area contributed by atoms with Crippen LogP contribution in [0, 0.1) is 40.4 Å². The molecule has 2 bridgehead atoms. The Morgan fingerprint density at radius 3 is 2.47 bits per heavy atom. The van der Waals surface area contributed by atoms with Crippen molar-refractivity contribution in [1.29, 1.82) is 0 Å². The summed E-state index contributed by atoms with van der Waals surface area (Å²) in [5, 5.41) is 0. The minimum Gasteiger partial charge on any atom is -0.462 e. The van der Waals surface area contributed by atoms with Crippen molar-refractivity contribution in [2.45, 2.75) is 142 Å². The lowest BCUT2D eigenvalue weighted by atomic mass is 9.44. The maximum atomic E-state index is 11.7. The molecule has 4 heteroatoms. The van der Waals surface area contributed by atoms with Crippen molar-refractivity contribution in [3.8, 4) is 0 Å². The molecule has 34 heavy (non-hydrogen) atoms. The summed E-state index contributed by atoms with van der Waals surface area (Å²) in [6, 6.07) is 0. The van der Waals surface area contributed by atoms with Crippen molar-refractivity contribution < 1.29 is 19.0 Å². The first kappa shape index (κ1) is 23.8. The summed E-state index contributed by atoms with van der Waals surface area (Å²) in [6.45, 7) is 16.3. The van der Waals surface area contributed by atoms with Gasteiger partial charge in [0.25, 0.3) is 0 Å². The zero-order valence-corrected chi connectivity index (χ0v) is 22.7. The van der Waals surface area contributed by atoms with E-state index in [-0.39, 0.29) is 34.3 Å². The van der Waals surface area contributed by atoms with Gasteiger partial charge in [0.05, 0.1) is 11.7 Å². The van der Waals surface area contributed by atoms with E-state index in [1.54, 1.807) is 6.92 Å². The van der Waals surface area contributed by atoms with Crippen LogP contribution in [0.25, 0.3) is 0 Å². The van der Waals surface area contributed by atoms with Crippen LogP contribution in [0.1, 0.15) is 113 Å². The molecule has 3 aliphatic carbocycles. The summed E-state index contributed by atoms with van der Waals surface area (Å²) in [4.78, 5) is 11.7. The molecule has 3 heterocycles. The molecule has 0 aromatic heterocycles. The summed E-state index contributed by atoms with van der Waals surface area (Å²) in [7, 11) is 0. The maximum Gasteiger partial charge on any atom is 0.302 e. The molecule has 192 valence electrons. The van der Waals surface area contributed by atoms with Crippen LogP contribution in [-0.4, -0.2) is 35.0 Å². The standard InChI is InChI=1S/C30H48O4/c1-18(2)19(3)8-9-20(4)23-10-11-24-26(23,6)17-25-30(33-25)27(7)13-12-22(32-21(5)31)16-28(27)14-15-29(24,30)34-28/h18-20,22-25H,8-17H2,1-7H3/t19-,20+,22-,23+,24+,25+,26+,27-,28+,29+,30-/m0/s1. The van der Waals surface area contributed by atoms with Gasteiger partial charge in [-0.2, -0.15) is 0 Å². The van der Waals surface area contributed by atoms with E-state index in [4.69, 9.17) is 14.2 Å². The smallest absolute Gasteiger partial charge is 0.302 e. The number of hydrogen-bond acceptors (Lipinski definition) is 4. The van der Waals surface area contributed by atoms with Gasteiger partial charge in [0.15, 0.2) is 0 Å². The van der Waals surface area contributed by atoms with Crippen LogP contribution < -0.4 is 0 Å². The average molecular weight is 473 g/mol. The van der Waals surface area contributed by atoms with Crippen molar-refractivity contribution in [2.75, 3.05) is 0 Å². The molecule has 4 nitrogen and oxygen atoms in total. The Balaban J connectivity index is 1.28. The second-order valence-electron chi connectivity index (χ2n) is 14.4. The largest absolute Gasteiger partial charge is 0.462 e. The molecule has 3 aliphatic heterocycles. The average Bonchev–Trinajstić information content (AvgIpc) is 3.12. The SMILES string of the molecule is CC(=O)O[C@H]1CC[C@@]2(C)[C@@]3(CC[C@@]4(O3)[C@@H]3CC[C@H]([C@H](C)CC[C@H](C)C(C)C)[C@@]3(C)C[C@H]3O[C@@]324)C1. The fourth-order valence-corrected chi connectivity index (χ4v) is 10.8. The van der Waals surface area contributed by atoms with Gasteiger partial charge < -0.3 is 14.2 Å². The molecular formula is C30H48O4. The molecule has 0 amide bonds. The molecule has 6 fully saturated rings. The Kier molecular flexibility index (Phi) is 5.06. The Labute approximate surface area is 207 Å². The fourth-order valence-electron chi connectivity index (χ4n) is 10.8. The van der Waals surface area contributed by atoms with Gasteiger partial charge in [-0.15, -0.1) is 0 Å². The van der Waals surface area contributed by atoms with E-state index in [9.17, 15) is 4.79 Å². The molecular weight excluding hydrogens is 424 g/mol. The highest BCUT2D eigenvalue weighted by molar-refractivity contribution is 5.66. The first-order valence-electron chi connectivity index (χ1n) is 14.5. The van der Waals surface area contributed by atoms with Crippen LogP contribution in [-0.2, 0) is 19.0 Å². The Hall–Kier alpha value is -0.610. The number of epoxide rings is 1. The summed E-state index contributed by atoms with van der Waals surface area (Å²) in [5.74, 6) is 3.56. The third kappa shape index (κ3) is 2.66. The number of carbonyl (C=O) groups is 1. The van der Waals surface area contributed by atoms with E-state index >= 15 is 0 Å². The number of esters is 1. The maximum absolute atomic E-state index is 11.7. The van der Waals surface area contributed by atoms with E-state index in [1.165, 1.54) is 32.1 Å². The van der Waals surface area contributed by atoms with E-state index in [1.807, 2.05) is 0 Å². The molecule has 11 atom stereocenters. The highest BCUT2D eigenvalue weighted by Crippen LogP contribution is 2.85. The first-order chi connectivity index (χ1) is 15.9. The van der Waals surface area contributed by atoms with Crippen LogP contribution in [0.2, 0.25) is 0 Å². The highest BCUT2D eigenvalue weighted by Gasteiger charge is 2.94. The van der Waals surface area contributed by atoms with Crippen molar-refractivity contribution in [3.05, 3.63) is 0 Å². The summed E-state index contributed by atoms with van der Waals surface area (Å²) < 4.78 is 20.1. The molecule has 6 aliphatic rings. The van der Waals surface area contributed by atoms with Crippen LogP contribution in [0.3, 0.4) is 0 Å². The van der Waals surface area contributed by atoms with Crippen LogP contribution >= 0.6 is 0 Å². The summed E-state index contributed by atoms with van der Waals surface area (Å²) in [6.07, 6.45) is 12.0. The van der Waals surface area contributed by atoms with Gasteiger partial charge in [0, 0.05) is 18.8 Å². The number of hydrogen-bond donors (Lipinski definition) is 0. The molecule has 0 aromatic carbocycles. The number of fused-ring (bicyclic) bond motifs is 1. The van der Waals surface area contributed by atoms with Gasteiger partial charge in [0.1, 0.15) is 17.3 Å². The van der Waals surface area contributed by atoms with Gasteiger partial charge >= 0.3 is 5.97 Å². The molecule has 6 rings (SSSR count). The second-order valence-corrected chi connectivity index (χ2v) is 14.4. The van der Waals surface area contributed by atoms with Gasteiger partial charge in [0.2, 0.25) is 0 Å². The third-order valence-electron chi connectivity index (χ3n) is 12.8. The van der Waals surface area contributed by atoms with Crippen LogP contribution in [0.15, 0.2) is 0 Å². The first-order valence-corrected chi connectivity index (χ1v) is 14.5. The van der Waals surface area contributed by atoms with E-state index in [0.717, 1.165) is 55.8 Å². The predicted molar refractivity (Wildman–Crippen MR) is 132 cm³/mol. The normalized spacial score (nSPS) is 54.1. The van der Waals surface area contributed by atoms with Gasteiger partial charge in [-0.3, -0.25) is 4.79 Å². The molecule has 3 spiro atoms. The molecule has 0 unspecified atom stereocenters. The van der Waals surface area contributed by atoms with Crippen molar-refractivity contribution in [2.24, 2.45) is 40.4 Å². The Morgan fingerprint density at radius 1 is 1.00 bits per heavy atom. The third-order valence-corrected chi connectivity index (χ3v) is 12.8. The lowest BCUT2D eigenvalue weighted by Gasteiger charge is -2.56. The Bertz CT molecular complexity index is 870. The molecule has 3 saturated heterocycles. The zero-order valence-electron chi connectivity index (χ0n) is 22.7. The van der Waals surface area contributed by atoms with Gasteiger partial charge in [-0.05, 0) is 80.0 Å². The van der Waals surface area contributed by atoms with Crippen molar-refractivity contribution in [1.82, 2.24) is 0 Å². The van der Waals surface area contributed by atoms with Crippen molar-refractivity contribution in [3.63, 3.8) is 0 Å². The number of carbonyl (C=O) groups excluding carboxylic acids is 1. The van der Waals surface area contributed by atoms with Gasteiger partial charge in [-0.25, -0.2) is 0 Å². The molecule has 0 aromatic rings. The quantitative estimate of drug-likeness (QED) is 0.319. The van der Waals surface area contributed by atoms with E-state index in [2.05, 4.69) is 41.5 Å². The zero-order chi connectivity index (χ0) is 24.3.